The molecule has 0 unspecified atom stereocenters. The summed E-state index contributed by atoms with van der Waals surface area (Å²) < 4.78 is 20.6. The first-order valence-electron chi connectivity index (χ1n) is 7.43. The van der Waals surface area contributed by atoms with E-state index in [1.165, 1.54) is 27.4 Å². The topological polar surface area (TPSA) is 74.2 Å². The minimum atomic E-state index is -0.231. The van der Waals surface area contributed by atoms with E-state index in [1.807, 2.05) is 0 Å². The maximum atomic E-state index is 12.5. The second kappa shape index (κ2) is 8.10. The molecule has 0 aromatic heterocycles. The molecule has 0 aliphatic heterocycles. The van der Waals surface area contributed by atoms with Gasteiger partial charge < -0.3 is 24.1 Å². The van der Waals surface area contributed by atoms with Crippen LogP contribution in [0.5, 0.6) is 28.7 Å². The highest BCUT2D eigenvalue weighted by Gasteiger charge is 2.12. The van der Waals surface area contributed by atoms with Gasteiger partial charge in [0.15, 0.2) is 17.3 Å². The van der Waals surface area contributed by atoms with Gasteiger partial charge in [-0.25, -0.2) is 0 Å². The normalized spacial score (nSPS) is 10.6. The maximum absolute atomic E-state index is 12.5. The van der Waals surface area contributed by atoms with Crippen LogP contribution in [0.2, 0.25) is 0 Å². The molecule has 0 saturated heterocycles. The van der Waals surface area contributed by atoms with Crippen molar-refractivity contribution < 1.29 is 28.8 Å². The number of allylic oxidation sites excluding steroid dienone is 1. The Hall–Kier alpha value is -3.15. The zero-order chi connectivity index (χ0) is 18.4. The van der Waals surface area contributed by atoms with Crippen LogP contribution in [-0.2, 0) is 0 Å². The number of phenolic OH excluding ortho intramolecular Hbond substituents is 1. The van der Waals surface area contributed by atoms with Gasteiger partial charge in [0.2, 0.25) is 5.75 Å². The Morgan fingerprint density at radius 3 is 2.00 bits per heavy atom. The summed E-state index contributed by atoms with van der Waals surface area (Å²) in [5.41, 5.74) is 1.06. The lowest BCUT2D eigenvalue weighted by Crippen LogP contribution is -1.99. The predicted molar refractivity (Wildman–Crippen MR) is 94.1 cm³/mol. The first kappa shape index (κ1) is 18.2. The molecule has 0 atom stereocenters. The number of aromatic hydroxyl groups is 1. The molecule has 0 amide bonds. The molecule has 0 aliphatic rings. The molecule has 2 rings (SSSR count). The van der Waals surface area contributed by atoms with Crippen molar-refractivity contribution in [1.82, 2.24) is 0 Å². The van der Waals surface area contributed by atoms with E-state index in [1.54, 1.807) is 43.5 Å². The molecule has 0 saturated carbocycles. The smallest absolute Gasteiger partial charge is 0.200 e. The van der Waals surface area contributed by atoms with Crippen LogP contribution in [0.25, 0.3) is 6.08 Å². The van der Waals surface area contributed by atoms with Crippen molar-refractivity contribution in [2.24, 2.45) is 0 Å². The number of rotatable bonds is 7. The average molecular weight is 344 g/mol. The van der Waals surface area contributed by atoms with Crippen LogP contribution in [0, 0.1) is 0 Å². The second-order valence-corrected chi connectivity index (χ2v) is 5.04. The number of methoxy groups -OCH3 is 4. The van der Waals surface area contributed by atoms with Gasteiger partial charge in [0.05, 0.1) is 34.0 Å². The Kier molecular flexibility index (Phi) is 5.89. The number of benzene rings is 2. The number of phenols is 1. The highest BCUT2D eigenvalue weighted by atomic mass is 16.5. The standard InChI is InChI=1S/C19H20O6/c1-22-13-6-7-14(16(11-13)23-2)15(20)8-5-12-9-17(24-3)19(21)18(10-12)25-4/h5-11,21H,1-4H3. The number of ether oxygens (including phenoxy) is 4. The SMILES string of the molecule is COc1ccc(C(=O)C=Cc2cc(OC)c(O)c(OC)c2)c(OC)c1. The monoisotopic (exact) mass is 344 g/mol. The summed E-state index contributed by atoms with van der Waals surface area (Å²) >= 11 is 0. The molecule has 0 bridgehead atoms. The molecule has 6 heteroatoms. The van der Waals surface area contributed by atoms with E-state index >= 15 is 0 Å². The first-order chi connectivity index (χ1) is 12.0. The van der Waals surface area contributed by atoms with Crippen LogP contribution < -0.4 is 18.9 Å². The Morgan fingerprint density at radius 2 is 1.48 bits per heavy atom. The minimum absolute atomic E-state index is 0.0923. The molecule has 0 heterocycles. The van der Waals surface area contributed by atoms with Crippen LogP contribution in [0.3, 0.4) is 0 Å². The van der Waals surface area contributed by atoms with Crippen molar-refractivity contribution in [3.8, 4) is 28.7 Å². The molecule has 1 N–H and O–H groups in total. The molecule has 2 aromatic carbocycles. The highest BCUT2D eigenvalue weighted by molar-refractivity contribution is 6.08. The first-order valence-corrected chi connectivity index (χ1v) is 7.43. The number of ketones is 1. The fourth-order valence-electron chi connectivity index (χ4n) is 2.27. The van der Waals surface area contributed by atoms with Crippen molar-refractivity contribution in [3.63, 3.8) is 0 Å². The van der Waals surface area contributed by atoms with Crippen molar-refractivity contribution in [2.75, 3.05) is 28.4 Å². The van der Waals surface area contributed by atoms with Crippen molar-refractivity contribution >= 4 is 11.9 Å². The van der Waals surface area contributed by atoms with Crippen molar-refractivity contribution in [1.29, 1.82) is 0 Å². The third kappa shape index (κ3) is 4.03. The van der Waals surface area contributed by atoms with Gasteiger partial charge in [-0.2, -0.15) is 0 Å². The second-order valence-electron chi connectivity index (χ2n) is 5.04. The van der Waals surface area contributed by atoms with E-state index in [-0.39, 0.29) is 23.0 Å². The minimum Gasteiger partial charge on any atom is -0.502 e. The Labute approximate surface area is 146 Å². The van der Waals surface area contributed by atoms with Crippen LogP contribution >= 0.6 is 0 Å². The highest BCUT2D eigenvalue weighted by Crippen LogP contribution is 2.37. The van der Waals surface area contributed by atoms with Crippen LogP contribution in [0.15, 0.2) is 36.4 Å². The van der Waals surface area contributed by atoms with E-state index in [0.717, 1.165) is 0 Å². The summed E-state index contributed by atoms with van der Waals surface area (Å²) in [4.78, 5) is 12.5. The van der Waals surface area contributed by atoms with Crippen LogP contribution in [-0.4, -0.2) is 39.3 Å². The lowest BCUT2D eigenvalue weighted by atomic mass is 10.1. The molecular formula is C19H20O6. The molecule has 132 valence electrons. The molecule has 6 nitrogen and oxygen atoms in total. The summed E-state index contributed by atoms with van der Waals surface area (Å²) in [7, 11) is 5.91. The van der Waals surface area contributed by atoms with Gasteiger partial charge in [-0.05, 0) is 35.9 Å². The number of hydrogen-bond acceptors (Lipinski definition) is 6. The van der Waals surface area contributed by atoms with Crippen LogP contribution in [0.4, 0.5) is 0 Å². The van der Waals surface area contributed by atoms with E-state index in [4.69, 9.17) is 18.9 Å². The fourth-order valence-corrected chi connectivity index (χ4v) is 2.27. The zero-order valence-corrected chi connectivity index (χ0v) is 14.5. The Balaban J connectivity index is 2.32. The summed E-state index contributed by atoms with van der Waals surface area (Å²) in [5.74, 6) is 1.22. The number of carbonyl (C=O) groups is 1. The average Bonchev–Trinajstić information content (AvgIpc) is 2.66. The molecule has 0 spiro atoms. The molecule has 0 radical (unpaired) electrons. The third-order valence-electron chi connectivity index (χ3n) is 3.60. The quantitative estimate of drug-likeness (QED) is 0.613. The summed E-state index contributed by atoms with van der Waals surface area (Å²) in [6, 6.07) is 8.19. The fraction of sp³-hybridized carbons (Fsp3) is 0.211. The van der Waals surface area contributed by atoms with Gasteiger partial charge in [0.25, 0.3) is 0 Å². The van der Waals surface area contributed by atoms with E-state index in [0.29, 0.717) is 22.6 Å². The van der Waals surface area contributed by atoms with Crippen LogP contribution in [0.1, 0.15) is 15.9 Å². The van der Waals surface area contributed by atoms with E-state index in [9.17, 15) is 9.90 Å². The van der Waals surface area contributed by atoms with E-state index in [2.05, 4.69) is 0 Å². The van der Waals surface area contributed by atoms with Crippen molar-refractivity contribution in [2.45, 2.75) is 0 Å². The summed E-state index contributed by atoms with van der Waals surface area (Å²) in [5, 5.41) is 9.92. The molecule has 0 fully saturated rings. The molecule has 25 heavy (non-hydrogen) atoms. The van der Waals surface area contributed by atoms with Gasteiger partial charge in [-0.3, -0.25) is 4.79 Å². The summed E-state index contributed by atoms with van der Waals surface area (Å²) in [6.45, 7) is 0. The molecular weight excluding hydrogens is 324 g/mol. The van der Waals surface area contributed by atoms with Gasteiger partial charge in [0, 0.05) is 6.07 Å². The lowest BCUT2D eigenvalue weighted by Gasteiger charge is -2.09. The summed E-state index contributed by atoms with van der Waals surface area (Å²) in [6.07, 6.45) is 3.02. The van der Waals surface area contributed by atoms with Gasteiger partial charge in [0.1, 0.15) is 11.5 Å². The number of hydrogen-bond donors (Lipinski definition) is 1. The Bertz CT molecular complexity index is 769. The van der Waals surface area contributed by atoms with Gasteiger partial charge in [-0.1, -0.05) is 6.08 Å². The Morgan fingerprint density at radius 1 is 0.880 bits per heavy atom. The molecule has 0 aliphatic carbocycles. The third-order valence-corrected chi connectivity index (χ3v) is 3.60. The zero-order valence-electron chi connectivity index (χ0n) is 14.5. The maximum Gasteiger partial charge on any atom is 0.200 e. The van der Waals surface area contributed by atoms with Gasteiger partial charge in [-0.15, -0.1) is 0 Å². The molecule has 2 aromatic rings. The van der Waals surface area contributed by atoms with Crippen molar-refractivity contribution in [3.05, 3.63) is 47.5 Å². The lowest BCUT2D eigenvalue weighted by molar-refractivity contribution is 0.104. The predicted octanol–water partition coefficient (Wildman–Crippen LogP) is 3.32. The van der Waals surface area contributed by atoms with Gasteiger partial charge >= 0.3 is 0 Å². The number of carbonyl (C=O) groups excluding carboxylic acids is 1. The largest absolute Gasteiger partial charge is 0.502 e. The van der Waals surface area contributed by atoms with E-state index < -0.39 is 0 Å².